The van der Waals surface area contributed by atoms with Gasteiger partial charge in [0, 0.05) is 31.1 Å². The van der Waals surface area contributed by atoms with Gasteiger partial charge in [-0.2, -0.15) is 11.8 Å². The number of amides is 1. The molecule has 0 aliphatic heterocycles. The molecule has 0 rings (SSSR count). The fourth-order valence-corrected chi connectivity index (χ4v) is 1.72. The van der Waals surface area contributed by atoms with Crippen LogP contribution in [0, 0.1) is 0 Å². The molecule has 0 heterocycles. The Kier molecular flexibility index (Phi) is 7.29. The number of carbonyl (C=O) groups excluding carboxylic acids is 1. The first-order valence-electron chi connectivity index (χ1n) is 4.13. The van der Waals surface area contributed by atoms with Gasteiger partial charge in [0.15, 0.2) is 0 Å². The minimum Gasteiger partial charge on any atom is -0.396 e. The third kappa shape index (κ3) is 6.49. The molecule has 1 unspecified atom stereocenters. The van der Waals surface area contributed by atoms with Gasteiger partial charge < -0.3 is 10.4 Å². The Balaban J connectivity index is 3.24. The molecule has 1 atom stereocenters. The van der Waals surface area contributed by atoms with Crippen molar-refractivity contribution in [3.8, 4) is 0 Å². The first-order chi connectivity index (χ1) is 5.70. The molecule has 0 aromatic carbocycles. The third-order valence-electron chi connectivity index (χ3n) is 1.55. The van der Waals surface area contributed by atoms with E-state index in [1.165, 1.54) is 0 Å². The molecule has 0 spiro atoms. The van der Waals surface area contributed by atoms with Gasteiger partial charge in [0.05, 0.1) is 0 Å². The van der Waals surface area contributed by atoms with Gasteiger partial charge in [0.1, 0.15) is 0 Å². The van der Waals surface area contributed by atoms with Crippen LogP contribution in [0.3, 0.4) is 0 Å². The second kappa shape index (κ2) is 7.43. The van der Waals surface area contributed by atoms with E-state index in [4.69, 9.17) is 5.11 Å². The van der Waals surface area contributed by atoms with Gasteiger partial charge in [-0.1, -0.05) is 6.92 Å². The Hall–Kier alpha value is -0.220. The molecule has 72 valence electrons. The molecule has 0 fully saturated rings. The molecular formula is C8H17NO2S. The van der Waals surface area contributed by atoms with Gasteiger partial charge in [0.2, 0.25) is 5.91 Å². The van der Waals surface area contributed by atoms with Crippen molar-refractivity contribution in [2.45, 2.75) is 25.0 Å². The van der Waals surface area contributed by atoms with E-state index in [1.54, 1.807) is 18.8 Å². The monoisotopic (exact) mass is 191 g/mol. The van der Waals surface area contributed by atoms with E-state index in [2.05, 4.69) is 12.2 Å². The van der Waals surface area contributed by atoms with Crippen LogP contribution in [-0.4, -0.2) is 35.7 Å². The molecule has 0 radical (unpaired) electrons. The van der Waals surface area contributed by atoms with Crippen molar-refractivity contribution in [2.24, 2.45) is 0 Å². The smallest absolute Gasteiger partial charge is 0.220 e. The summed E-state index contributed by atoms with van der Waals surface area (Å²) < 4.78 is 0. The number of aliphatic hydroxyl groups is 1. The van der Waals surface area contributed by atoms with E-state index < -0.39 is 0 Å². The van der Waals surface area contributed by atoms with Crippen molar-refractivity contribution in [3.63, 3.8) is 0 Å². The van der Waals surface area contributed by atoms with Crippen molar-refractivity contribution in [3.05, 3.63) is 0 Å². The number of rotatable bonds is 6. The number of hydrogen-bond acceptors (Lipinski definition) is 3. The molecule has 4 heteroatoms. The standard InChI is InChI=1S/C8H17NO2S/c1-7(3-5-10)12-6-4-8(11)9-2/h7,10H,3-6H2,1-2H3,(H,9,11). The van der Waals surface area contributed by atoms with E-state index in [9.17, 15) is 4.79 Å². The molecule has 0 saturated heterocycles. The summed E-state index contributed by atoms with van der Waals surface area (Å²) in [6.45, 7) is 2.29. The number of nitrogens with one attached hydrogen (secondary N) is 1. The van der Waals surface area contributed by atoms with Crippen LogP contribution in [0.5, 0.6) is 0 Å². The van der Waals surface area contributed by atoms with Crippen molar-refractivity contribution >= 4 is 17.7 Å². The second-order valence-electron chi connectivity index (χ2n) is 2.62. The van der Waals surface area contributed by atoms with Crippen LogP contribution in [0.2, 0.25) is 0 Å². The van der Waals surface area contributed by atoms with Crippen molar-refractivity contribution < 1.29 is 9.90 Å². The summed E-state index contributed by atoms with van der Waals surface area (Å²) in [4.78, 5) is 10.8. The van der Waals surface area contributed by atoms with Crippen molar-refractivity contribution in [2.75, 3.05) is 19.4 Å². The highest BCUT2D eigenvalue weighted by atomic mass is 32.2. The summed E-state index contributed by atoms with van der Waals surface area (Å²) in [6.07, 6.45) is 1.37. The summed E-state index contributed by atoms with van der Waals surface area (Å²) in [5, 5.41) is 11.6. The second-order valence-corrected chi connectivity index (χ2v) is 4.16. The summed E-state index contributed by atoms with van der Waals surface area (Å²) in [5.74, 6) is 0.916. The Labute approximate surface area is 77.9 Å². The van der Waals surface area contributed by atoms with E-state index in [1.807, 2.05) is 0 Å². The average molecular weight is 191 g/mol. The van der Waals surface area contributed by atoms with Crippen LogP contribution >= 0.6 is 11.8 Å². The Bertz CT molecular complexity index is 130. The van der Waals surface area contributed by atoms with Crippen LogP contribution in [0.1, 0.15) is 19.8 Å². The lowest BCUT2D eigenvalue weighted by Gasteiger charge is -2.07. The van der Waals surface area contributed by atoms with E-state index in [0.29, 0.717) is 11.7 Å². The largest absolute Gasteiger partial charge is 0.396 e. The Morgan fingerprint density at radius 1 is 1.67 bits per heavy atom. The van der Waals surface area contributed by atoms with E-state index >= 15 is 0 Å². The lowest BCUT2D eigenvalue weighted by molar-refractivity contribution is -0.120. The molecule has 0 aromatic rings. The van der Waals surface area contributed by atoms with E-state index in [-0.39, 0.29) is 12.5 Å². The molecule has 0 aliphatic rings. The summed E-state index contributed by atoms with van der Waals surface area (Å²) in [5.41, 5.74) is 0. The summed E-state index contributed by atoms with van der Waals surface area (Å²) in [6, 6.07) is 0. The highest BCUT2D eigenvalue weighted by Gasteiger charge is 2.03. The minimum absolute atomic E-state index is 0.0821. The highest BCUT2D eigenvalue weighted by Crippen LogP contribution is 2.14. The molecule has 0 saturated carbocycles. The molecule has 0 aliphatic carbocycles. The molecule has 3 nitrogen and oxygen atoms in total. The molecule has 12 heavy (non-hydrogen) atoms. The van der Waals surface area contributed by atoms with Gasteiger partial charge >= 0.3 is 0 Å². The van der Waals surface area contributed by atoms with E-state index in [0.717, 1.165) is 12.2 Å². The number of hydrogen-bond donors (Lipinski definition) is 2. The number of carbonyl (C=O) groups is 1. The lowest BCUT2D eigenvalue weighted by Crippen LogP contribution is -2.18. The molecule has 0 aromatic heterocycles. The molecule has 2 N–H and O–H groups in total. The number of aliphatic hydroxyl groups excluding tert-OH is 1. The predicted molar refractivity (Wildman–Crippen MR) is 52.3 cm³/mol. The normalized spacial score (nSPS) is 12.6. The highest BCUT2D eigenvalue weighted by molar-refractivity contribution is 7.99. The Morgan fingerprint density at radius 3 is 2.83 bits per heavy atom. The van der Waals surface area contributed by atoms with Gasteiger partial charge in [-0.25, -0.2) is 0 Å². The fourth-order valence-electron chi connectivity index (χ4n) is 0.743. The molecular weight excluding hydrogens is 174 g/mol. The van der Waals surface area contributed by atoms with Gasteiger partial charge in [-0.15, -0.1) is 0 Å². The maximum absolute atomic E-state index is 10.8. The summed E-state index contributed by atoms with van der Waals surface area (Å²) >= 11 is 1.72. The first-order valence-corrected chi connectivity index (χ1v) is 5.18. The van der Waals surface area contributed by atoms with Gasteiger partial charge in [0.25, 0.3) is 0 Å². The first kappa shape index (κ1) is 11.8. The number of thioether (sulfide) groups is 1. The van der Waals surface area contributed by atoms with Crippen LogP contribution in [0.15, 0.2) is 0 Å². The Morgan fingerprint density at radius 2 is 2.33 bits per heavy atom. The lowest BCUT2D eigenvalue weighted by atomic mass is 10.3. The van der Waals surface area contributed by atoms with Crippen LogP contribution < -0.4 is 5.32 Å². The van der Waals surface area contributed by atoms with Crippen molar-refractivity contribution in [1.82, 2.24) is 5.32 Å². The van der Waals surface area contributed by atoms with Crippen LogP contribution in [0.25, 0.3) is 0 Å². The third-order valence-corrected chi connectivity index (χ3v) is 2.79. The fraction of sp³-hybridized carbons (Fsp3) is 0.875. The average Bonchev–Trinajstić information content (AvgIpc) is 2.04. The van der Waals surface area contributed by atoms with Gasteiger partial charge in [-0.05, 0) is 6.42 Å². The maximum Gasteiger partial charge on any atom is 0.220 e. The SMILES string of the molecule is CNC(=O)CCSC(C)CCO. The zero-order chi connectivity index (χ0) is 9.40. The quantitative estimate of drug-likeness (QED) is 0.647. The summed E-state index contributed by atoms with van der Waals surface area (Å²) in [7, 11) is 1.64. The zero-order valence-corrected chi connectivity index (χ0v) is 8.49. The topological polar surface area (TPSA) is 49.3 Å². The van der Waals surface area contributed by atoms with Gasteiger partial charge in [-0.3, -0.25) is 4.79 Å². The molecule has 1 amide bonds. The van der Waals surface area contributed by atoms with Crippen LogP contribution in [-0.2, 0) is 4.79 Å². The van der Waals surface area contributed by atoms with Crippen LogP contribution in [0.4, 0.5) is 0 Å². The van der Waals surface area contributed by atoms with Crippen molar-refractivity contribution in [1.29, 1.82) is 0 Å². The molecule has 0 bridgehead atoms. The minimum atomic E-state index is 0.0821. The zero-order valence-electron chi connectivity index (χ0n) is 7.67. The maximum atomic E-state index is 10.8. The predicted octanol–water partition coefficient (Wildman–Crippen LogP) is 0.627.